The summed E-state index contributed by atoms with van der Waals surface area (Å²) in [6, 6.07) is 0.713. The van der Waals surface area contributed by atoms with Gasteiger partial charge in [0.25, 0.3) is 0 Å². The highest BCUT2D eigenvalue weighted by Gasteiger charge is 2.16. The lowest BCUT2D eigenvalue weighted by molar-refractivity contribution is 0.195. The van der Waals surface area contributed by atoms with Crippen molar-refractivity contribution >= 4 is 0 Å². The van der Waals surface area contributed by atoms with Gasteiger partial charge in [0.1, 0.15) is 0 Å². The molecule has 0 amide bonds. The summed E-state index contributed by atoms with van der Waals surface area (Å²) < 4.78 is 0. The zero-order valence-electron chi connectivity index (χ0n) is 8.76. The molecule has 0 bridgehead atoms. The van der Waals surface area contributed by atoms with Crippen LogP contribution in [0.1, 0.15) is 26.2 Å². The normalized spacial score (nSPS) is 22.6. The second-order valence-electron chi connectivity index (χ2n) is 3.78. The van der Waals surface area contributed by atoms with Crippen LogP contribution in [0.5, 0.6) is 0 Å². The summed E-state index contributed by atoms with van der Waals surface area (Å²) in [6.45, 7) is 7.84. The van der Waals surface area contributed by atoms with E-state index >= 15 is 0 Å². The monoisotopic (exact) mass is 185 g/mol. The first-order chi connectivity index (χ1) is 6.38. The van der Waals surface area contributed by atoms with Crippen LogP contribution in [0.4, 0.5) is 0 Å². The minimum absolute atomic E-state index is 0.713. The van der Waals surface area contributed by atoms with Crippen LogP contribution in [-0.4, -0.2) is 43.7 Å². The smallest absolute Gasteiger partial charge is 0.0110 e. The highest BCUT2D eigenvalue weighted by molar-refractivity contribution is 4.74. The van der Waals surface area contributed by atoms with Gasteiger partial charge in [0.05, 0.1) is 0 Å². The molecule has 0 aromatic carbocycles. The molecule has 3 heteroatoms. The van der Waals surface area contributed by atoms with E-state index in [1.165, 1.54) is 32.5 Å². The summed E-state index contributed by atoms with van der Waals surface area (Å²) in [6.07, 6.45) is 3.66. The number of hydrogen-bond acceptors (Lipinski definition) is 3. The summed E-state index contributed by atoms with van der Waals surface area (Å²) in [4.78, 5) is 2.59. The highest BCUT2D eigenvalue weighted by atomic mass is 15.2. The maximum Gasteiger partial charge on any atom is 0.0110 e. The minimum Gasteiger partial charge on any atom is -0.330 e. The molecule has 1 aliphatic heterocycles. The van der Waals surface area contributed by atoms with E-state index in [0.717, 1.165) is 19.5 Å². The molecular formula is C10H23N3. The maximum absolute atomic E-state index is 5.61. The predicted molar refractivity (Wildman–Crippen MR) is 56.8 cm³/mol. The average molecular weight is 185 g/mol. The molecule has 1 atom stereocenters. The second kappa shape index (κ2) is 6.35. The van der Waals surface area contributed by atoms with Gasteiger partial charge < -0.3 is 11.1 Å². The predicted octanol–water partition coefficient (Wildman–Crippen LogP) is 0.409. The van der Waals surface area contributed by atoms with Gasteiger partial charge in [0.15, 0.2) is 0 Å². The maximum atomic E-state index is 5.61. The Bertz CT molecular complexity index is 119. The van der Waals surface area contributed by atoms with E-state index in [-0.39, 0.29) is 0 Å². The Balaban J connectivity index is 2.35. The molecule has 0 saturated carbocycles. The summed E-state index contributed by atoms with van der Waals surface area (Å²) in [7, 11) is 0. The van der Waals surface area contributed by atoms with E-state index in [1.54, 1.807) is 0 Å². The third-order valence-electron chi connectivity index (χ3n) is 2.86. The Morgan fingerprint density at radius 3 is 2.92 bits per heavy atom. The van der Waals surface area contributed by atoms with Crippen LogP contribution in [0.3, 0.4) is 0 Å². The van der Waals surface area contributed by atoms with Crippen LogP contribution in [0.2, 0.25) is 0 Å². The number of hydrogen-bond donors (Lipinski definition) is 2. The molecule has 0 radical (unpaired) electrons. The van der Waals surface area contributed by atoms with Crippen molar-refractivity contribution < 1.29 is 0 Å². The van der Waals surface area contributed by atoms with E-state index in [1.807, 2.05) is 0 Å². The summed E-state index contributed by atoms with van der Waals surface area (Å²) in [5.41, 5.74) is 5.61. The molecule has 0 aliphatic carbocycles. The van der Waals surface area contributed by atoms with Crippen LogP contribution < -0.4 is 11.1 Å². The van der Waals surface area contributed by atoms with Crippen LogP contribution in [0, 0.1) is 0 Å². The topological polar surface area (TPSA) is 41.3 Å². The number of nitrogens with two attached hydrogens (primary N) is 1. The van der Waals surface area contributed by atoms with Gasteiger partial charge >= 0.3 is 0 Å². The molecule has 0 aromatic rings. The van der Waals surface area contributed by atoms with Crippen molar-refractivity contribution in [2.45, 2.75) is 32.2 Å². The van der Waals surface area contributed by atoms with Crippen molar-refractivity contribution in [3.8, 4) is 0 Å². The van der Waals surface area contributed by atoms with Crippen molar-refractivity contribution in [2.75, 3.05) is 32.7 Å². The van der Waals surface area contributed by atoms with E-state index in [4.69, 9.17) is 5.73 Å². The van der Waals surface area contributed by atoms with Crippen LogP contribution in [-0.2, 0) is 0 Å². The van der Waals surface area contributed by atoms with E-state index in [9.17, 15) is 0 Å². The van der Waals surface area contributed by atoms with Crippen molar-refractivity contribution in [3.63, 3.8) is 0 Å². The molecule has 3 N–H and O–H groups in total. The summed E-state index contributed by atoms with van der Waals surface area (Å²) in [5, 5.41) is 3.43. The van der Waals surface area contributed by atoms with Gasteiger partial charge in [-0.15, -0.1) is 0 Å². The third kappa shape index (κ3) is 3.63. The number of rotatable bonds is 4. The Hall–Kier alpha value is -0.120. The molecule has 78 valence electrons. The van der Waals surface area contributed by atoms with Crippen LogP contribution in [0.15, 0.2) is 0 Å². The molecule has 1 aliphatic rings. The quantitative estimate of drug-likeness (QED) is 0.666. The number of nitrogens with zero attached hydrogens (tertiary/aromatic N) is 1. The zero-order valence-corrected chi connectivity index (χ0v) is 8.76. The van der Waals surface area contributed by atoms with Crippen molar-refractivity contribution in [3.05, 3.63) is 0 Å². The van der Waals surface area contributed by atoms with Crippen molar-refractivity contribution in [2.24, 2.45) is 5.73 Å². The molecule has 1 saturated heterocycles. The standard InChI is InChI=1S/C10H23N3/c1-2-10(4-5-11)13-8-3-6-12-7-9-13/h10,12H,2-9,11H2,1H3. The molecule has 3 nitrogen and oxygen atoms in total. The summed E-state index contributed by atoms with van der Waals surface area (Å²) in [5.74, 6) is 0. The Morgan fingerprint density at radius 1 is 1.38 bits per heavy atom. The van der Waals surface area contributed by atoms with Gasteiger partial charge in [-0.2, -0.15) is 0 Å². The molecule has 0 spiro atoms. The first-order valence-corrected chi connectivity index (χ1v) is 5.53. The first kappa shape index (κ1) is 11.0. The largest absolute Gasteiger partial charge is 0.330 e. The Morgan fingerprint density at radius 2 is 2.23 bits per heavy atom. The molecule has 1 rings (SSSR count). The molecule has 1 unspecified atom stereocenters. The molecule has 1 fully saturated rings. The first-order valence-electron chi connectivity index (χ1n) is 5.53. The fourth-order valence-electron chi connectivity index (χ4n) is 2.07. The Labute approximate surface area is 81.7 Å². The fourth-order valence-corrected chi connectivity index (χ4v) is 2.07. The molecule has 0 aromatic heterocycles. The fraction of sp³-hybridized carbons (Fsp3) is 1.00. The van der Waals surface area contributed by atoms with Crippen molar-refractivity contribution in [1.29, 1.82) is 0 Å². The van der Waals surface area contributed by atoms with Gasteiger partial charge in [0.2, 0.25) is 0 Å². The average Bonchev–Trinajstić information content (AvgIpc) is 2.42. The van der Waals surface area contributed by atoms with Crippen molar-refractivity contribution in [1.82, 2.24) is 10.2 Å². The second-order valence-corrected chi connectivity index (χ2v) is 3.78. The minimum atomic E-state index is 0.713. The lowest BCUT2D eigenvalue weighted by Gasteiger charge is -2.29. The van der Waals surface area contributed by atoms with Gasteiger partial charge in [-0.1, -0.05) is 6.92 Å². The van der Waals surface area contributed by atoms with E-state index in [0.29, 0.717) is 6.04 Å². The molecule has 1 heterocycles. The van der Waals surface area contributed by atoms with Crippen LogP contribution >= 0.6 is 0 Å². The van der Waals surface area contributed by atoms with Gasteiger partial charge in [0, 0.05) is 19.1 Å². The molecule has 13 heavy (non-hydrogen) atoms. The van der Waals surface area contributed by atoms with Gasteiger partial charge in [-0.3, -0.25) is 4.90 Å². The zero-order chi connectivity index (χ0) is 9.52. The SMILES string of the molecule is CCC(CCN)N1CCCNCC1. The van der Waals surface area contributed by atoms with Gasteiger partial charge in [-0.05, 0) is 38.9 Å². The third-order valence-corrected chi connectivity index (χ3v) is 2.86. The summed E-state index contributed by atoms with van der Waals surface area (Å²) >= 11 is 0. The van der Waals surface area contributed by atoms with Gasteiger partial charge in [-0.25, -0.2) is 0 Å². The number of nitrogens with one attached hydrogen (secondary N) is 1. The van der Waals surface area contributed by atoms with E-state index in [2.05, 4.69) is 17.1 Å². The lowest BCUT2D eigenvalue weighted by atomic mass is 10.1. The van der Waals surface area contributed by atoms with E-state index < -0.39 is 0 Å². The highest BCUT2D eigenvalue weighted by Crippen LogP contribution is 2.09. The van der Waals surface area contributed by atoms with Crippen LogP contribution in [0.25, 0.3) is 0 Å². The molecular weight excluding hydrogens is 162 g/mol. The lowest BCUT2D eigenvalue weighted by Crippen LogP contribution is -2.38. The Kier molecular flexibility index (Phi) is 5.35.